The standard InChI is InChI=1S/C21H32N6/c1-16(2)26-13-17(3)20(15-26)25-21(22-4)23-12-18-8-5-6-9-19(18)14-27-11-7-10-24-27/h5-11,16-17,20H,12-15H2,1-4H3,(H2,22,23,25). The van der Waals surface area contributed by atoms with Crippen LogP contribution in [-0.2, 0) is 13.1 Å². The molecule has 0 amide bonds. The number of guanidine groups is 1. The molecule has 0 saturated carbocycles. The van der Waals surface area contributed by atoms with Crippen LogP contribution in [0, 0.1) is 5.92 Å². The lowest BCUT2D eigenvalue weighted by Gasteiger charge is -2.22. The smallest absolute Gasteiger partial charge is 0.191 e. The predicted octanol–water partition coefficient (Wildman–Crippen LogP) is 2.33. The first kappa shape index (κ1) is 19.4. The van der Waals surface area contributed by atoms with Crippen molar-refractivity contribution in [3.63, 3.8) is 0 Å². The second-order valence-electron chi connectivity index (χ2n) is 7.67. The van der Waals surface area contributed by atoms with Crippen LogP contribution in [0.5, 0.6) is 0 Å². The molecule has 0 radical (unpaired) electrons. The minimum absolute atomic E-state index is 0.429. The molecular formula is C21H32N6. The zero-order valence-electron chi connectivity index (χ0n) is 16.9. The summed E-state index contributed by atoms with van der Waals surface area (Å²) in [5.41, 5.74) is 2.53. The van der Waals surface area contributed by atoms with Crippen LogP contribution in [0.4, 0.5) is 0 Å². The fraction of sp³-hybridized carbons (Fsp3) is 0.524. The molecule has 2 N–H and O–H groups in total. The summed E-state index contributed by atoms with van der Waals surface area (Å²) in [6.45, 7) is 10.6. The number of nitrogens with one attached hydrogen (secondary N) is 2. The highest BCUT2D eigenvalue weighted by atomic mass is 15.3. The van der Waals surface area contributed by atoms with Crippen molar-refractivity contribution in [2.75, 3.05) is 20.1 Å². The van der Waals surface area contributed by atoms with Gasteiger partial charge in [0.25, 0.3) is 0 Å². The van der Waals surface area contributed by atoms with E-state index in [9.17, 15) is 0 Å². The SMILES string of the molecule is CN=C(NCc1ccccc1Cn1cccn1)NC1CN(C(C)C)CC1C. The Morgan fingerprint density at radius 3 is 2.63 bits per heavy atom. The Morgan fingerprint density at radius 2 is 2.00 bits per heavy atom. The van der Waals surface area contributed by atoms with Crippen molar-refractivity contribution in [2.45, 2.75) is 45.9 Å². The van der Waals surface area contributed by atoms with Crippen molar-refractivity contribution in [1.82, 2.24) is 25.3 Å². The van der Waals surface area contributed by atoms with E-state index in [2.05, 4.69) is 70.7 Å². The maximum absolute atomic E-state index is 4.43. The van der Waals surface area contributed by atoms with Crippen molar-refractivity contribution in [3.8, 4) is 0 Å². The largest absolute Gasteiger partial charge is 0.352 e. The van der Waals surface area contributed by atoms with Gasteiger partial charge in [-0.15, -0.1) is 0 Å². The van der Waals surface area contributed by atoms with Crippen molar-refractivity contribution in [3.05, 3.63) is 53.9 Å². The molecule has 1 fully saturated rings. The molecule has 1 aromatic carbocycles. The average Bonchev–Trinajstić information content (AvgIpc) is 3.29. The van der Waals surface area contributed by atoms with Gasteiger partial charge < -0.3 is 10.6 Å². The molecule has 2 unspecified atom stereocenters. The van der Waals surface area contributed by atoms with Crippen LogP contribution in [0.2, 0.25) is 0 Å². The lowest BCUT2D eigenvalue weighted by Crippen LogP contribution is -2.46. The van der Waals surface area contributed by atoms with Crippen molar-refractivity contribution in [1.29, 1.82) is 0 Å². The minimum atomic E-state index is 0.429. The molecule has 0 aliphatic carbocycles. The summed E-state index contributed by atoms with van der Waals surface area (Å²) >= 11 is 0. The van der Waals surface area contributed by atoms with E-state index in [4.69, 9.17) is 0 Å². The highest BCUT2D eigenvalue weighted by Crippen LogP contribution is 2.18. The van der Waals surface area contributed by atoms with Gasteiger partial charge in [0.05, 0.1) is 6.54 Å². The van der Waals surface area contributed by atoms with E-state index < -0.39 is 0 Å². The molecule has 146 valence electrons. The number of hydrogen-bond acceptors (Lipinski definition) is 3. The Labute approximate surface area is 162 Å². The van der Waals surface area contributed by atoms with Gasteiger partial charge in [0.15, 0.2) is 5.96 Å². The lowest BCUT2D eigenvalue weighted by atomic mass is 10.1. The summed E-state index contributed by atoms with van der Waals surface area (Å²) in [4.78, 5) is 6.96. The summed E-state index contributed by atoms with van der Waals surface area (Å²) < 4.78 is 1.95. The van der Waals surface area contributed by atoms with Gasteiger partial charge in [-0.2, -0.15) is 5.10 Å². The fourth-order valence-electron chi connectivity index (χ4n) is 3.62. The van der Waals surface area contributed by atoms with E-state index in [0.717, 1.165) is 32.1 Å². The van der Waals surface area contributed by atoms with E-state index in [1.54, 1.807) is 0 Å². The molecule has 3 rings (SSSR count). The van der Waals surface area contributed by atoms with Crippen LogP contribution in [0.3, 0.4) is 0 Å². The van der Waals surface area contributed by atoms with Crippen LogP contribution >= 0.6 is 0 Å². The average molecular weight is 369 g/mol. The van der Waals surface area contributed by atoms with Crippen LogP contribution in [0.1, 0.15) is 31.9 Å². The third-order valence-electron chi connectivity index (χ3n) is 5.37. The Balaban J connectivity index is 1.59. The maximum atomic E-state index is 4.43. The number of aromatic nitrogens is 2. The maximum Gasteiger partial charge on any atom is 0.191 e. The third kappa shape index (κ3) is 5.10. The summed E-state index contributed by atoms with van der Waals surface area (Å²) in [7, 11) is 1.84. The van der Waals surface area contributed by atoms with Gasteiger partial charge in [-0.05, 0) is 37.0 Å². The first-order chi connectivity index (χ1) is 13.1. The first-order valence-electron chi connectivity index (χ1n) is 9.82. The van der Waals surface area contributed by atoms with Gasteiger partial charge >= 0.3 is 0 Å². The molecule has 1 aliphatic heterocycles. The van der Waals surface area contributed by atoms with Crippen molar-refractivity contribution < 1.29 is 0 Å². The highest BCUT2D eigenvalue weighted by molar-refractivity contribution is 5.80. The number of nitrogens with zero attached hydrogens (tertiary/aromatic N) is 4. The first-order valence-corrected chi connectivity index (χ1v) is 9.82. The Hall–Kier alpha value is -2.34. The van der Waals surface area contributed by atoms with Gasteiger partial charge in [-0.3, -0.25) is 14.6 Å². The Kier molecular flexibility index (Phi) is 6.50. The van der Waals surface area contributed by atoms with Crippen LogP contribution < -0.4 is 10.6 Å². The summed E-state index contributed by atoms with van der Waals surface area (Å²) in [5, 5.41) is 11.4. The number of aliphatic imine (C=N–C) groups is 1. The molecule has 6 nitrogen and oxygen atoms in total. The molecule has 1 aliphatic rings. The van der Waals surface area contributed by atoms with Crippen LogP contribution in [-0.4, -0.2) is 52.9 Å². The second-order valence-corrected chi connectivity index (χ2v) is 7.67. The van der Waals surface area contributed by atoms with Gasteiger partial charge in [-0.25, -0.2) is 0 Å². The zero-order chi connectivity index (χ0) is 19.2. The number of likely N-dealkylation sites (tertiary alicyclic amines) is 1. The highest BCUT2D eigenvalue weighted by Gasteiger charge is 2.31. The number of benzene rings is 1. The third-order valence-corrected chi connectivity index (χ3v) is 5.37. The summed E-state index contributed by atoms with van der Waals surface area (Å²) in [5.74, 6) is 1.48. The van der Waals surface area contributed by atoms with Gasteiger partial charge in [-0.1, -0.05) is 31.2 Å². The topological polar surface area (TPSA) is 57.5 Å². The minimum Gasteiger partial charge on any atom is -0.352 e. The summed E-state index contributed by atoms with van der Waals surface area (Å²) in [6, 6.07) is 11.5. The second kappa shape index (κ2) is 9.04. The van der Waals surface area contributed by atoms with Gasteiger partial charge in [0, 0.05) is 51.2 Å². The van der Waals surface area contributed by atoms with E-state index in [0.29, 0.717) is 18.0 Å². The molecule has 0 bridgehead atoms. The van der Waals surface area contributed by atoms with Gasteiger partial charge in [0.1, 0.15) is 0 Å². The van der Waals surface area contributed by atoms with Crippen molar-refractivity contribution in [2.24, 2.45) is 10.9 Å². The van der Waals surface area contributed by atoms with Crippen LogP contribution in [0.25, 0.3) is 0 Å². The van der Waals surface area contributed by atoms with Gasteiger partial charge in [0.2, 0.25) is 0 Å². The quantitative estimate of drug-likeness (QED) is 0.607. The molecule has 0 spiro atoms. The Bertz CT molecular complexity index is 737. The molecular weight excluding hydrogens is 336 g/mol. The Morgan fingerprint density at radius 1 is 1.22 bits per heavy atom. The van der Waals surface area contributed by atoms with Crippen molar-refractivity contribution >= 4 is 5.96 Å². The molecule has 27 heavy (non-hydrogen) atoms. The van der Waals surface area contributed by atoms with Crippen LogP contribution in [0.15, 0.2) is 47.7 Å². The molecule has 2 atom stereocenters. The molecule has 6 heteroatoms. The molecule has 2 heterocycles. The zero-order valence-corrected chi connectivity index (χ0v) is 16.9. The molecule has 2 aromatic rings. The molecule has 1 saturated heterocycles. The number of hydrogen-bond donors (Lipinski definition) is 2. The van der Waals surface area contributed by atoms with E-state index in [1.165, 1.54) is 11.1 Å². The predicted molar refractivity (Wildman–Crippen MR) is 111 cm³/mol. The summed E-state index contributed by atoms with van der Waals surface area (Å²) in [6.07, 6.45) is 3.81. The van der Waals surface area contributed by atoms with E-state index >= 15 is 0 Å². The lowest BCUT2D eigenvalue weighted by molar-refractivity contribution is 0.265. The fourth-order valence-corrected chi connectivity index (χ4v) is 3.62. The monoisotopic (exact) mass is 368 g/mol. The van der Waals surface area contributed by atoms with E-state index in [-0.39, 0.29) is 0 Å². The van der Waals surface area contributed by atoms with E-state index in [1.807, 2.05) is 30.2 Å². The normalized spacial score (nSPS) is 21.0. The number of rotatable bonds is 6. The molecule has 1 aromatic heterocycles.